The van der Waals surface area contributed by atoms with Crippen LogP contribution in [0.4, 0.5) is 0 Å². The molecule has 0 aliphatic heterocycles. The molecule has 1 aromatic rings. The number of aliphatic hydroxyl groups is 1. The van der Waals surface area contributed by atoms with E-state index in [1.807, 2.05) is 37.3 Å². The molecule has 0 saturated heterocycles. The third-order valence-electron chi connectivity index (χ3n) is 3.21. The Hall–Kier alpha value is -1.98. The molecule has 0 fully saturated rings. The average Bonchev–Trinajstić information content (AvgIpc) is 2.60. The first-order valence-corrected chi connectivity index (χ1v) is 8.13. The van der Waals surface area contributed by atoms with Gasteiger partial charge in [0.2, 0.25) is 0 Å². The van der Waals surface area contributed by atoms with Crippen molar-refractivity contribution in [2.45, 2.75) is 25.9 Å². The van der Waals surface area contributed by atoms with Crippen molar-refractivity contribution in [3.05, 3.63) is 42.7 Å². The van der Waals surface area contributed by atoms with Crippen LogP contribution in [0.5, 0.6) is 11.5 Å². The lowest BCUT2D eigenvalue weighted by Crippen LogP contribution is -2.23. The molecule has 5 nitrogen and oxygen atoms in total. The molecule has 0 aromatic heterocycles. The predicted octanol–water partition coefficient (Wildman–Crippen LogP) is 3.42. The Bertz CT molecular complexity index is 499. The zero-order valence-electron chi connectivity index (χ0n) is 14.6. The van der Waals surface area contributed by atoms with E-state index in [1.165, 1.54) is 6.26 Å². The quantitative estimate of drug-likeness (QED) is 0.442. The summed E-state index contributed by atoms with van der Waals surface area (Å²) in [7, 11) is 1.59. The fourth-order valence-corrected chi connectivity index (χ4v) is 2.03. The van der Waals surface area contributed by atoms with Gasteiger partial charge in [0.1, 0.15) is 12.7 Å². The van der Waals surface area contributed by atoms with E-state index in [0.717, 1.165) is 18.4 Å². The topological polar surface area (TPSA) is 57.2 Å². The fraction of sp³-hybridized carbons (Fsp3) is 0.474. The minimum absolute atomic E-state index is 0.152. The number of allylic oxidation sites excluding steroid dienone is 1. The molecule has 1 unspecified atom stereocenters. The van der Waals surface area contributed by atoms with Crippen molar-refractivity contribution in [1.29, 1.82) is 0 Å². The molecule has 0 bridgehead atoms. The molecule has 1 atom stereocenters. The highest BCUT2D eigenvalue weighted by Crippen LogP contribution is 2.28. The molecule has 0 amide bonds. The molecule has 0 aliphatic carbocycles. The minimum atomic E-state index is -0.686. The normalized spacial score (nSPS) is 12.1. The van der Waals surface area contributed by atoms with E-state index in [1.54, 1.807) is 7.11 Å². The highest BCUT2D eigenvalue weighted by molar-refractivity contribution is 5.55. The van der Waals surface area contributed by atoms with Crippen molar-refractivity contribution in [2.24, 2.45) is 0 Å². The van der Waals surface area contributed by atoms with E-state index in [2.05, 4.69) is 6.58 Å². The van der Waals surface area contributed by atoms with Gasteiger partial charge in [-0.2, -0.15) is 0 Å². The number of benzene rings is 1. The van der Waals surface area contributed by atoms with Crippen LogP contribution in [-0.4, -0.2) is 44.7 Å². The first-order valence-electron chi connectivity index (χ1n) is 8.13. The van der Waals surface area contributed by atoms with E-state index in [9.17, 15) is 5.11 Å². The Morgan fingerprint density at radius 1 is 1.17 bits per heavy atom. The van der Waals surface area contributed by atoms with Crippen molar-refractivity contribution >= 4 is 6.08 Å². The van der Waals surface area contributed by atoms with Gasteiger partial charge in [-0.1, -0.05) is 24.8 Å². The summed E-state index contributed by atoms with van der Waals surface area (Å²) >= 11 is 0. The third-order valence-corrected chi connectivity index (χ3v) is 3.21. The van der Waals surface area contributed by atoms with Crippen molar-refractivity contribution in [3.63, 3.8) is 0 Å². The SMILES string of the molecule is C=COCCCCOCC(O)COc1ccc(C=CC)cc1OC. The van der Waals surface area contributed by atoms with Gasteiger partial charge in [-0.15, -0.1) is 0 Å². The first-order chi connectivity index (χ1) is 11.7. The summed E-state index contributed by atoms with van der Waals surface area (Å²) in [4.78, 5) is 0. The zero-order chi connectivity index (χ0) is 17.6. The van der Waals surface area contributed by atoms with Gasteiger partial charge in [-0.25, -0.2) is 0 Å². The van der Waals surface area contributed by atoms with Crippen molar-refractivity contribution < 1.29 is 24.1 Å². The molecule has 0 radical (unpaired) electrons. The van der Waals surface area contributed by atoms with Gasteiger partial charge in [-0.3, -0.25) is 0 Å². The van der Waals surface area contributed by atoms with Crippen LogP contribution in [0.1, 0.15) is 25.3 Å². The van der Waals surface area contributed by atoms with Crippen LogP contribution in [0.15, 0.2) is 37.1 Å². The number of hydrogen-bond acceptors (Lipinski definition) is 5. The van der Waals surface area contributed by atoms with Gasteiger partial charge < -0.3 is 24.1 Å². The highest BCUT2D eigenvalue weighted by atomic mass is 16.5. The van der Waals surface area contributed by atoms with Gasteiger partial charge in [-0.05, 0) is 37.5 Å². The van der Waals surface area contributed by atoms with E-state index in [4.69, 9.17) is 18.9 Å². The maximum absolute atomic E-state index is 9.91. The second-order valence-electron chi connectivity index (χ2n) is 5.19. The Morgan fingerprint density at radius 3 is 2.67 bits per heavy atom. The summed E-state index contributed by atoms with van der Waals surface area (Å²) in [6, 6.07) is 5.66. The second-order valence-corrected chi connectivity index (χ2v) is 5.19. The van der Waals surface area contributed by atoms with Crippen LogP contribution >= 0.6 is 0 Å². The lowest BCUT2D eigenvalue weighted by atomic mass is 10.2. The molecule has 0 heterocycles. The Labute approximate surface area is 144 Å². The maximum atomic E-state index is 9.91. The van der Waals surface area contributed by atoms with E-state index < -0.39 is 6.10 Å². The number of hydrogen-bond donors (Lipinski definition) is 1. The largest absolute Gasteiger partial charge is 0.502 e. The van der Waals surface area contributed by atoms with Crippen LogP contribution in [0.25, 0.3) is 6.08 Å². The monoisotopic (exact) mass is 336 g/mol. The molecule has 1 aromatic carbocycles. The minimum Gasteiger partial charge on any atom is -0.502 e. The Kier molecular flexibility index (Phi) is 10.4. The number of rotatable bonds is 13. The van der Waals surface area contributed by atoms with E-state index >= 15 is 0 Å². The number of aliphatic hydroxyl groups excluding tert-OH is 1. The molecular formula is C19H28O5. The number of methoxy groups -OCH3 is 1. The number of unbranched alkanes of at least 4 members (excludes halogenated alkanes) is 1. The Morgan fingerprint density at radius 2 is 1.96 bits per heavy atom. The van der Waals surface area contributed by atoms with Gasteiger partial charge in [0.05, 0.1) is 26.6 Å². The van der Waals surface area contributed by atoms with Gasteiger partial charge in [0, 0.05) is 6.61 Å². The van der Waals surface area contributed by atoms with Gasteiger partial charge in [0.25, 0.3) is 0 Å². The summed E-state index contributed by atoms with van der Waals surface area (Å²) in [5, 5.41) is 9.91. The number of ether oxygens (including phenoxy) is 4. The predicted molar refractivity (Wildman–Crippen MR) is 95.4 cm³/mol. The average molecular weight is 336 g/mol. The summed E-state index contributed by atoms with van der Waals surface area (Å²) < 4.78 is 21.4. The molecule has 1 rings (SSSR count). The second kappa shape index (κ2) is 12.4. The summed E-state index contributed by atoms with van der Waals surface area (Å²) in [5.41, 5.74) is 1.03. The summed E-state index contributed by atoms with van der Waals surface area (Å²) in [5.74, 6) is 1.24. The van der Waals surface area contributed by atoms with Crippen molar-refractivity contribution in [2.75, 3.05) is 33.5 Å². The lowest BCUT2D eigenvalue weighted by molar-refractivity contribution is 0.00976. The standard InChI is InChI=1S/C19H28O5/c1-4-8-16-9-10-18(19(13-16)21-3)24-15-17(20)14-23-12-7-6-11-22-5-2/h4-5,8-10,13,17,20H,2,6-7,11-12,14-15H2,1,3H3. The molecule has 134 valence electrons. The van der Waals surface area contributed by atoms with Crippen LogP contribution in [0.2, 0.25) is 0 Å². The molecule has 1 N–H and O–H groups in total. The summed E-state index contributed by atoms with van der Waals surface area (Å²) in [6.45, 7) is 7.05. The van der Waals surface area contributed by atoms with Crippen molar-refractivity contribution in [1.82, 2.24) is 0 Å². The maximum Gasteiger partial charge on any atom is 0.161 e. The molecule has 24 heavy (non-hydrogen) atoms. The van der Waals surface area contributed by atoms with E-state index in [0.29, 0.717) is 24.7 Å². The van der Waals surface area contributed by atoms with Crippen LogP contribution in [0.3, 0.4) is 0 Å². The third kappa shape index (κ3) is 8.04. The lowest BCUT2D eigenvalue weighted by Gasteiger charge is -2.15. The zero-order valence-corrected chi connectivity index (χ0v) is 14.6. The highest BCUT2D eigenvalue weighted by Gasteiger charge is 2.09. The van der Waals surface area contributed by atoms with Crippen molar-refractivity contribution in [3.8, 4) is 11.5 Å². The molecular weight excluding hydrogens is 308 g/mol. The molecule has 5 heteroatoms. The molecule has 0 spiro atoms. The van der Waals surface area contributed by atoms with Gasteiger partial charge >= 0.3 is 0 Å². The Balaban J connectivity index is 2.28. The summed E-state index contributed by atoms with van der Waals surface area (Å²) in [6.07, 6.45) is 6.46. The van der Waals surface area contributed by atoms with Crippen LogP contribution in [0, 0.1) is 0 Å². The smallest absolute Gasteiger partial charge is 0.161 e. The first kappa shape index (κ1) is 20.1. The molecule has 0 aliphatic rings. The van der Waals surface area contributed by atoms with Gasteiger partial charge in [0.15, 0.2) is 11.5 Å². The molecule has 0 saturated carbocycles. The fourth-order valence-electron chi connectivity index (χ4n) is 2.03. The van der Waals surface area contributed by atoms with Crippen LogP contribution in [-0.2, 0) is 9.47 Å². The van der Waals surface area contributed by atoms with Crippen LogP contribution < -0.4 is 9.47 Å². The van der Waals surface area contributed by atoms with E-state index in [-0.39, 0.29) is 13.2 Å².